The van der Waals surface area contributed by atoms with Crippen molar-refractivity contribution in [1.82, 2.24) is 4.90 Å². The smallest absolute Gasteiger partial charge is 0.310 e. The number of carboxylic acid groups (broad SMARTS) is 1. The fourth-order valence-electron chi connectivity index (χ4n) is 3.58. The number of aliphatic carboxylic acids is 1. The molecule has 3 aliphatic heterocycles. The summed E-state index contributed by atoms with van der Waals surface area (Å²) in [5.41, 5.74) is -0.766. The maximum Gasteiger partial charge on any atom is 0.310 e. The summed E-state index contributed by atoms with van der Waals surface area (Å²) in [5, 5.41) is 9.34. The first-order chi connectivity index (χ1) is 9.61. The highest BCUT2D eigenvalue weighted by Crippen LogP contribution is 2.52. The van der Waals surface area contributed by atoms with Crippen molar-refractivity contribution in [3.05, 3.63) is 36.3 Å². The molecule has 4 rings (SSSR count). The van der Waals surface area contributed by atoms with Gasteiger partial charge < -0.3 is 19.2 Å². The third kappa shape index (κ3) is 1.37. The van der Waals surface area contributed by atoms with E-state index in [9.17, 15) is 14.7 Å². The molecule has 0 unspecified atom stereocenters. The topological polar surface area (TPSA) is 80.0 Å². The van der Waals surface area contributed by atoms with Crippen molar-refractivity contribution in [3.63, 3.8) is 0 Å². The van der Waals surface area contributed by atoms with Gasteiger partial charge in [0, 0.05) is 0 Å². The Morgan fingerprint density at radius 1 is 1.55 bits per heavy atom. The lowest BCUT2D eigenvalue weighted by atomic mass is 9.77. The van der Waals surface area contributed by atoms with E-state index in [1.165, 1.54) is 0 Å². The molecule has 1 spiro atoms. The molecule has 1 amide bonds. The normalized spacial score (nSPS) is 37.7. The van der Waals surface area contributed by atoms with E-state index in [0.29, 0.717) is 18.8 Å². The Bertz CT molecular complexity index is 607. The van der Waals surface area contributed by atoms with Crippen LogP contribution in [-0.4, -0.2) is 40.1 Å². The zero-order valence-electron chi connectivity index (χ0n) is 10.6. The van der Waals surface area contributed by atoms with Crippen LogP contribution in [0.3, 0.4) is 0 Å². The monoisotopic (exact) mass is 275 g/mol. The third-order valence-electron chi connectivity index (χ3n) is 4.39. The Morgan fingerprint density at radius 3 is 3.10 bits per heavy atom. The van der Waals surface area contributed by atoms with E-state index < -0.39 is 29.5 Å². The van der Waals surface area contributed by atoms with Crippen LogP contribution < -0.4 is 0 Å². The van der Waals surface area contributed by atoms with Crippen LogP contribution in [0.2, 0.25) is 0 Å². The predicted molar refractivity (Wildman–Crippen MR) is 65.5 cm³/mol. The van der Waals surface area contributed by atoms with Crippen LogP contribution in [0.1, 0.15) is 5.76 Å². The number of likely N-dealkylation sites (tertiary alicyclic amines) is 1. The Hall–Kier alpha value is -2.08. The van der Waals surface area contributed by atoms with Gasteiger partial charge >= 0.3 is 5.97 Å². The number of carboxylic acids is 1. The Kier molecular flexibility index (Phi) is 2.18. The van der Waals surface area contributed by atoms with Crippen molar-refractivity contribution in [2.24, 2.45) is 11.8 Å². The highest BCUT2D eigenvalue weighted by molar-refractivity contribution is 5.90. The molecule has 4 heterocycles. The summed E-state index contributed by atoms with van der Waals surface area (Å²) < 4.78 is 11.0. The maximum absolute atomic E-state index is 12.5. The molecule has 104 valence electrons. The van der Waals surface area contributed by atoms with Crippen molar-refractivity contribution in [3.8, 4) is 0 Å². The molecule has 2 bridgehead atoms. The van der Waals surface area contributed by atoms with E-state index in [2.05, 4.69) is 0 Å². The molecule has 6 nitrogen and oxygen atoms in total. The Labute approximate surface area is 114 Å². The van der Waals surface area contributed by atoms with Gasteiger partial charge in [-0.1, -0.05) is 12.2 Å². The molecule has 1 N–H and O–H groups in total. The first kappa shape index (κ1) is 11.7. The molecular weight excluding hydrogens is 262 g/mol. The lowest BCUT2D eigenvalue weighted by Crippen LogP contribution is -2.39. The fraction of sp³-hybridized carbons (Fsp3) is 0.429. The van der Waals surface area contributed by atoms with Gasteiger partial charge in [-0.3, -0.25) is 9.59 Å². The predicted octanol–water partition coefficient (Wildman–Crippen LogP) is 0.646. The van der Waals surface area contributed by atoms with Crippen LogP contribution in [0, 0.1) is 11.8 Å². The zero-order valence-corrected chi connectivity index (χ0v) is 10.6. The van der Waals surface area contributed by atoms with Crippen LogP contribution in [0.4, 0.5) is 0 Å². The highest BCUT2D eigenvalue weighted by Gasteiger charge is 2.67. The summed E-state index contributed by atoms with van der Waals surface area (Å²) in [6.07, 6.45) is 4.69. The third-order valence-corrected chi connectivity index (χ3v) is 4.39. The van der Waals surface area contributed by atoms with Crippen LogP contribution in [0.5, 0.6) is 0 Å². The van der Waals surface area contributed by atoms with Crippen molar-refractivity contribution in [1.29, 1.82) is 0 Å². The lowest BCUT2D eigenvalue weighted by molar-refractivity contribution is -0.148. The summed E-state index contributed by atoms with van der Waals surface area (Å²) in [7, 11) is 0. The zero-order chi connectivity index (χ0) is 13.9. The SMILES string of the molecule is O=C(O)[C@@H]1[C@H]2C=C[C@]3(CN(Cc4ccco4)C(=O)[C@@H]13)O2. The maximum atomic E-state index is 12.5. The number of carbonyl (C=O) groups excluding carboxylic acids is 1. The molecule has 0 saturated carbocycles. The van der Waals surface area contributed by atoms with Gasteiger partial charge in [0.25, 0.3) is 0 Å². The van der Waals surface area contributed by atoms with Crippen LogP contribution in [0.15, 0.2) is 35.0 Å². The van der Waals surface area contributed by atoms with Crippen LogP contribution >= 0.6 is 0 Å². The lowest BCUT2D eigenvalue weighted by Gasteiger charge is -2.21. The molecular formula is C14H13NO5. The number of hydrogen-bond acceptors (Lipinski definition) is 4. The van der Waals surface area contributed by atoms with Gasteiger partial charge in [-0.05, 0) is 12.1 Å². The molecule has 2 saturated heterocycles. The molecule has 0 aliphatic carbocycles. The number of hydrogen-bond donors (Lipinski definition) is 1. The molecule has 4 atom stereocenters. The first-order valence-corrected chi connectivity index (χ1v) is 6.52. The minimum atomic E-state index is -0.973. The summed E-state index contributed by atoms with van der Waals surface area (Å²) in [6, 6.07) is 3.55. The second kappa shape index (κ2) is 3.73. The number of amides is 1. The summed E-state index contributed by atoms with van der Waals surface area (Å²) >= 11 is 0. The van der Waals surface area contributed by atoms with Gasteiger partial charge in [-0.2, -0.15) is 0 Å². The van der Waals surface area contributed by atoms with E-state index >= 15 is 0 Å². The molecule has 2 fully saturated rings. The summed E-state index contributed by atoms with van der Waals surface area (Å²) in [5.74, 6) is -1.86. The molecule has 0 aromatic carbocycles. The van der Waals surface area contributed by atoms with E-state index in [0.717, 1.165) is 0 Å². The first-order valence-electron chi connectivity index (χ1n) is 6.52. The number of fused-ring (bicyclic) bond motifs is 1. The van der Waals surface area contributed by atoms with E-state index in [1.807, 2.05) is 6.08 Å². The van der Waals surface area contributed by atoms with Gasteiger partial charge in [0.05, 0.1) is 31.4 Å². The average Bonchev–Trinajstić information content (AvgIpc) is 3.12. The summed E-state index contributed by atoms with van der Waals surface area (Å²) in [4.78, 5) is 25.5. The van der Waals surface area contributed by atoms with E-state index in [1.54, 1.807) is 29.4 Å². The van der Waals surface area contributed by atoms with Crippen molar-refractivity contribution < 1.29 is 23.8 Å². The number of rotatable bonds is 3. The fourth-order valence-corrected chi connectivity index (χ4v) is 3.58. The van der Waals surface area contributed by atoms with Gasteiger partial charge in [-0.15, -0.1) is 0 Å². The molecule has 1 aromatic rings. The largest absolute Gasteiger partial charge is 0.481 e. The van der Waals surface area contributed by atoms with Crippen LogP contribution in [-0.2, 0) is 20.9 Å². The Morgan fingerprint density at radius 2 is 2.40 bits per heavy atom. The quantitative estimate of drug-likeness (QED) is 0.819. The molecule has 1 aromatic heterocycles. The van der Waals surface area contributed by atoms with Crippen molar-refractivity contribution >= 4 is 11.9 Å². The van der Waals surface area contributed by atoms with Gasteiger partial charge in [0.1, 0.15) is 17.3 Å². The number of carbonyl (C=O) groups is 2. The van der Waals surface area contributed by atoms with E-state index in [-0.39, 0.29) is 5.91 Å². The number of furan rings is 1. The van der Waals surface area contributed by atoms with Gasteiger partial charge in [0.2, 0.25) is 5.91 Å². The van der Waals surface area contributed by atoms with Crippen molar-refractivity contribution in [2.75, 3.05) is 6.54 Å². The van der Waals surface area contributed by atoms with Gasteiger partial charge in [-0.25, -0.2) is 0 Å². The molecule has 0 radical (unpaired) electrons. The molecule has 6 heteroatoms. The van der Waals surface area contributed by atoms with Gasteiger partial charge in [0.15, 0.2) is 0 Å². The average molecular weight is 275 g/mol. The second-order valence-corrected chi connectivity index (χ2v) is 5.51. The number of nitrogens with zero attached hydrogens (tertiary/aromatic N) is 1. The summed E-state index contributed by atoms with van der Waals surface area (Å²) in [6.45, 7) is 0.728. The number of ether oxygens (including phenoxy) is 1. The van der Waals surface area contributed by atoms with E-state index in [4.69, 9.17) is 9.15 Å². The standard InChI is InChI=1S/C14H13NO5/c16-12-11-10(13(17)18)9-3-4-14(11,20-9)7-15(12)6-8-2-1-5-19-8/h1-5,9-11H,6-7H2,(H,17,18)/t9-,10-,11-,14-/m1/s1. The highest BCUT2D eigenvalue weighted by atomic mass is 16.5. The van der Waals surface area contributed by atoms with Crippen LogP contribution in [0.25, 0.3) is 0 Å². The minimum Gasteiger partial charge on any atom is -0.481 e. The molecule has 20 heavy (non-hydrogen) atoms. The van der Waals surface area contributed by atoms with Crippen molar-refractivity contribution in [2.45, 2.75) is 18.2 Å². The second-order valence-electron chi connectivity index (χ2n) is 5.51. The minimum absolute atomic E-state index is 0.166. The molecule has 3 aliphatic rings. The Balaban J connectivity index is 1.65.